The van der Waals surface area contributed by atoms with E-state index in [-0.39, 0.29) is 11.3 Å². The van der Waals surface area contributed by atoms with Crippen molar-refractivity contribution < 1.29 is 14.6 Å². The Morgan fingerprint density at radius 2 is 2.35 bits per heavy atom. The summed E-state index contributed by atoms with van der Waals surface area (Å²) >= 11 is 0. The summed E-state index contributed by atoms with van der Waals surface area (Å²) in [7, 11) is 0. The first-order valence-corrected chi connectivity index (χ1v) is 7.25. The zero-order valence-electron chi connectivity index (χ0n) is 11.5. The lowest BCUT2D eigenvalue weighted by Crippen LogP contribution is -2.46. The van der Waals surface area contributed by atoms with Crippen LogP contribution in [0.3, 0.4) is 0 Å². The molecule has 2 N–H and O–H groups in total. The maximum atomic E-state index is 10.9. The molecule has 0 aromatic carbocycles. The van der Waals surface area contributed by atoms with E-state index < -0.39 is 5.97 Å². The Balaban J connectivity index is 1.56. The fraction of sp³-hybridized carbons (Fsp3) is 0.600. The number of hydrogen-bond acceptors (Lipinski definition) is 4. The van der Waals surface area contributed by atoms with Crippen molar-refractivity contribution in [3.8, 4) is 0 Å². The Hall–Kier alpha value is -1.62. The molecule has 108 valence electrons. The highest BCUT2D eigenvalue weighted by Gasteiger charge is 2.42. The smallest absolute Gasteiger partial charge is 0.354 e. The summed E-state index contributed by atoms with van der Waals surface area (Å²) in [5.41, 5.74) is 0.235. The summed E-state index contributed by atoms with van der Waals surface area (Å²) in [6.07, 6.45) is 5.83. The first kappa shape index (κ1) is 13.4. The number of carboxylic acids is 1. The topological polar surface area (TPSA) is 71.5 Å². The maximum Gasteiger partial charge on any atom is 0.354 e. The summed E-state index contributed by atoms with van der Waals surface area (Å²) in [6, 6.07) is 5.03. The molecule has 1 saturated carbocycles. The minimum absolute atomic E-state index is 0.0810. The number of rotatable bonds is 4. The Bertz CT molecular complexity index is 500. The number of pyridine rings is 1. The van der Waals surface area contributed by atoms with Crippen molar-refractivity contribution in [1.82, 2.24) is 4.98 Å². The summed E-state index contributed by atoms with van der Waals surface area (Å²) in [6.45, 7) is 1.68. The van der Waals surface area contributed by atoms with Gasteiger partial charge in [-0.25, -0.2) is 9.78 Å². The van der Waals surface area contributed by atoms with Gasteiger partial charge in [0.2, 0.25) is 0 Å². The average molecular weight is 276 g/mol. The van der Waals surface area contributed by atoms with Crippen LogP contribution < -0.4 is 5.32 Å². The average Bonchev–Trinajstić information content (AvgIpc) is 2.44. The molecule has 20 heavy (non-hydrogen) atoms. The molecule has 1 unspecified atom stereocenters. The highest BCUT2D eigenvalue weighted by molar-refractivity contribution is 5.85. The van der Waals surface area contributed by atoms with Gasteiger partial charge in [0, 0.05) is 13.2 Å². The SMILES string of the molecule is O=C(O)c1cccc(NCC2CCOC3(CCC3)C2)n1. The second-order valence-corrected chi connectivity index (χ2v) is 5.84. The molecule has 5 heteroatoms. The number of nitrogens with zero attached hydrogens (tertiary/aromatic N) is 1. The quantitative estimate of drug-likeness (QED) is 0.884. The van der Waals surface area contributed by atoms with Crippen molar-refractivity contribution >= 4 is 11.8 Å². The largest absolute Gasteiger partial charge is 0.477 e. The van der Waals surface area contributed by atoms with E-state index in [0.717, 1.165) is 26.0 Å². The van der Waals surface area contributed by atoms with Gasteiger partial charge in [-0.15, -0.1) is 0 Å². The molecule has 3 rings (SSSR count). The molecule has 0 amide bonds. The fourth-order valence-electron chi connectivity index (χ4n) is 3.12. The molecule has 1 spiro atoms. The van der Waals surface area contributed by atoms with Gasteiger partial charge in [0.05, 0.1) is 5.60 Å². The molecule has 1 atom stereocenters. The number of ether oxygens (including phenoxy) is 1. The zero-order valence-corrected chi connectivity index (χ0v) is 11.5. The number of aromatic carboxylic acids is 1. The van der Waals surface area contributed by atoms with Crippen molar-refractivity contribution in [2.45, 2.75) is 37.7 Å². The van der Waals surface area contributed by atoms with Crippen LogP contribution in [-0.2, 0) is 4.74 Å². The van der Waals surface area contributed by atoms with Crippen LogP contribution in [0.4, 0.5) is 5.82 Å². The highest BCUT2D eigenvalue weighted by Crippen LogP contribution is 2.44. The van der Waals surface area contributed by atoms with Crippen molar-refractivity contribution in [3.05, 3.63) is 23.9 Å². The second kappa shape index (κ2) is 5.40. The van der Waals surface area contributed by atoms with Crippen molar-refractivity contribution in [3.63, 3.8) is 0 Å². The van der Waals surface area contributed by atoms with E-state index in [1.165, 1.54) is 25.3 Å². The number of carboxylic acid groups (broad SMARTS) is 1. The van der Waals surface area contributed by atoms with E-state index in [1.54, 1.807) is 6.07 Å². The first-order chi connectivity index (χ1) is 9.67. The molecular weight excluding hydrogens is 256 g/mol. The predicted molar refractivity (Wildman–Crippen MR) is 74.9 cm³/mol. The Labute approximate surface area is 118 Å². The van der Waals surface area contributed by atoms with Crippen LogP contribution >= 0.6 is 0 Å². The van der Waals surface area contributed by atoms with E-state index in [1.807, 2.05) is 6.07 Å². The van der Waals surface area contributed by atoms with Gasteiger partial charge in [-0.2, -0.15) is 0 Å². The van der Waals surface area contributed by atoms with E-state index in [9.17, 15) is 4.79 Å². The molecule has 1 aliphatic heterocycles. The van der Waals surface area contributed by atoms with Gasteiger partial charge < -0.3 is 15.2 Å². The Morgan fingerprint density at radius 3 is 3.05 bits per heavy atom. The monoisotopic (exact) mass is 276 g/mol. The van der Waals surface area contributed by atoms with Crippen LogP contribution in [0, 0.1) is 5.92 Å². The number of aromatic nitrogens is 1. The van der Waals surface area contributed by atoms with Crippen LogP contribution in [0.2, 0.25) is 0 Å². The van der Waals surface area contributed by atoms with Crippen LogP contribution in [0.15, 0.2) is 18.2 Å². The molecule has 2 aliphatic rings. The van der Waals surface area contributed by atoms with Gasteiger partial charge in [0.15, 0.2) is 5.69 Å². The normalized spacial score (nSPS) is 24.1. The predicted octanol–water partition coefficient (Wildman–Crippen LogP) is 2.54. The molecule has 1 aromatic rings. The van der Waals surface area contributed by atoms with Crippen LogP contribution in [-0.4, -0.2) is 34.8 Å². The van der Waals surface area contributed by atoms with Crippen molar-refractivity contribution in [1.29, 1.82) is 0 Å². The molecule has 1 aliphatic carbocycles. The fourth-order valence-corrected chi connectivity index (χ4v) is 3.12. The molecule has 2 fully saturated rings. The van der Waals surface area contributed by atoms with Crippen molar-refractivity contribution in [2.75, 3.05) is 18.5 Å². The first-order valence-electron chi connectivity index (χ1n) is 7.25. The number of hydrogen-bond donors (Lipinski definition) is 2. The minimum atomic E-state index is -0.992. The molecule has 1 aromatic heterocycles. The van der Waals surface area contributed by atoms with Gasteiger partial charge >= 0.3 is 5.97 Å². The minimum Gasteiger partial charge on any atom is -0.477 e. The third kappa shape index (κ3) is 2.77. The van der Waals surface area contributed by atoms with E-state index in [2.05, 4.69) is 10.3 Å². The second-order valence-electron chi connectivity index (χ2n) is 5.84. The molecule has 2 heterocycles. The summed E-state index contributed by atoms with van der Waals surface area (Å²) in [5.74, 6) is 0.228. The number of anilines is 1. The molecular formula is C15H20N2O3. The van der Waals surface area contributed by atoms with E-state index in [0.29, 0.717) is 11.7 Å². The zero-order chi connectivity index (χ0) is 14.0. The molecule has 0 radical (unpaired) electrons. The van der Waals surface area contributed by atoms with Gasteiger partial charge in [0.1, 0.15) is 5.82 Å². The third-order valence-corrected chi connectivity index (χ3v) is 4.40. The maximum absolute atomic E-state index is 10.9. The van der Waals surface area contributed by atoms with Crippen LogP contribution in [0.25, 0.3) is 0 Å². The van der Waals surface area contributed by atoms with Crippen molar-refractivity contribution in [2.24, 2.45) is 5.92 Å². The number of nitrogens with one attached hydrogen (secondary N) is 1. The molecule has 0 bridgehead atoms. The van der Waals surface area contributed by atoms with Crippen LogP contribution in [0.5, 0.6) is 0 Å². The Morgan fingerprint density at radius 1 is 1.50 bits per heavy atom. The van der Waals surface area contributed by atoms with E-state index >= 15 is 0 Å². The Kier molecular flexibility index (Phi) is 3.61. The third-order valence-electron chi connectivity index (χ3n) is 4.40. The number of carbonyl (C=O) groups is 1. The van der Waals surface area contributed by atoms with Gasteiger partial charge in [-0.05, 0) is 50.2 Å². The standard InChI is InChI=1S/C15H20N2O3/c18-14(19)12-3-1-4-13(17-12)16-10-11-5-8-20-15(9-11)6-2-7-15/h1,3-4,11H,2,5-10H2,(H,16,17)(H,18,19). The van der Waals surface area contributed by atoms with Crippen LogP contribution in [0.1, 0.15) is 42.6 Å². The summed E-state index contributed by atoms with van der Waals surface area (Å²) in [5, 5.41) is 12.2. The van der Waals surface area contributed by atoms with Gasteiger partial charge in [-0.3, -0.25) is 0 Å². The summed E-state index contributed by atoms with van der Waals surface area (Å²) in [4.78, 5) is 15.0. The van der Waals surface area contributed by atoms with E-state index in [4.69, 9.17) is 9.84 Å². The lowest BCUT2D eigenvalue weighted by molar-refractivity contribution is -0.141. The molecule has 5 nitrogen and oxygen atoms in total. The highest BCUT2D eigenvalue weighted by atomic mass is 16.5. The molecule has 1 saturated heterocycles. The summed E-state index contributed by atoms with van der Waals surface area (Å²) < 4.78 is 5.91. The van der Waals surface area contributed by atoms with Gasteiger partial charge in [0.25, 0.3) is 0 Å². The lowest BCUT2D eigenvalue weighted by atomic mass is 9.72. The van der Waals surface area contributed by atoms with Gasteiger partial charge in [-0.1, -0.05) is 6.07 Å². The lowest BCUT2D eigenvalue weighted by Gasteiger charge is -2.47.